The molecule has 1 unspecified atom stereocenters. The number of nitrogens with zero attached hydrogens (tertiary/aromatic N) is 1. The van der Waals surface area contributed by atoms with Gasteiger partial charge >= 0.3 is 0 Å². The number of hydrogen-bond donors (Lipinski definition) is 1. The molecule has 0 bridgehead atoms. The van der Waals surface area contributed by atoms with Crippen LogP contribution in [0.15, 0.2) is 11.4 Å². The Hall–Kier alpha value is -0.820. The monoisotopic (exact) mass is 263 g/mol. The van der Waals surface area contributed by atoms with Crippen molar-refractivity contribution in [3.63, 3.8) is 0 Å². The van der Waals surface area contributed by atoms with Gasteiger partial charge in [-0.2, -0.15) is 0 Å². The van der Waals surface area contributed by atoms with E-state index in [0.717, 1.165) is 18.0 Å². The maximum absolute atomic E-state index is 8.68. The second-order valence-electron chi connectivity index (χ2n) is 5.07. The predicted octanol–water partition coefficient (Wildman–Crippen LogP) is 2.71. The van der Waals surface area contributed by atoms with Crippen LogP contribution in [0.3, 0.4) is 0 Å². The SMILES string of the molecule is CC(C1CC1)N(C)Cc1cc(C#CCCO)cs1. The molecule has 0 saturated heterocycles. The first-order chi connectivity index (χ1) is 8.70. The smallest absolute Gasteiger partial charge is 0.0540 e. The summed E-state index contributed by atoms with van der Waals surface area (Å²) >= 11 is 1.78. The van der Waals surface area contributed by atoms with Gasteiger partial charge in [-0.1, -0.05) is 11.8 Å². The third-order valence-electron chi connectivity index (χ3n) is 3.53. The molecule has 1 aliphatic rings. The van der Waals surface area contributed by atoms with Gasteiger partial charge < -0.3 is 5.11 Å². The number of thiophene rings is 1. The number of hydrogen-bond acceptors (Lipinski definition) is 3. The minimum Gasteiger partial charge on any atom is -0.395 e. The van der Waals surface area contributed by atoms with Crippen LogP contribution in [-0.4, -0.2) is 29.7 Å². The summed E-state index contributed by atoms with van der Waals surface area (Å²) < 4.78 is 0. The van der Waals surface area contributed by atoms with Crippen LogP contribution in [0.25, 0.3) is 0 Å². The third kappa shape index (κ3) is 3.84. The van der Waals surface area contributed by atoms with Gasteiger partial charge in [0, 0.05) is 34.8 Å². The lowest BCUT2D eigenvalue weighted by Gasteiger charge is -2.23. The molecule has 1 heterocycles. The first-order valence-corrected chi connectivity index (χ1v) is 7.46. The lowest BCUT2D eigenvalue weighted by Crippen LogP contribution is -2.29. The molecule has 1 saturated carbocycles. The van der Waals surface area contributed by atoms with Gasteiger partial charge in [0.05, 0.1) is 6.61 Å². The van der Waals surface area contributed by atoms with Crippen LogP contribution in [0.4, 0.5) is 0 Å². The van der Waals surface area contributed by atoms with Crippen molar-refractivity contribution in [3.05, 3.63) is 21.9 Å². The topological polar surface area (TPSA) is 23.5 Å². The van der Waals surface area contributed by atoms with E-state index >= 15 is 0 Å². The lowest BCUT2D eigenvalue weighted by atomic mass is 10.2. The first kappa shape index (κ1) is 13.6. The van der Waals surface area contributed by atoms with E-state index in [2.05, 4.69) is 42.2 Å². The highest BCUT2D eigenvalue weighted by Gasteiger charge is 2.30. The zero-order valence-electron chi connectivity index (χ0n) is 11.1. The average molecular weight is 263 g/mol. The largest absolute Gasteiger partial charge is 0.395 e. The van der Waals surface area contributed by atoms with Crippen molar-refractivity contribution in [3.8, 4) is 11.8 Å². The van der Waals surface area contributed by atoms with Gasteiger partial charge in [-0.3, -0.25) is 4.90 Å². The van der Waals surface area contributed by atoms with Gasteiger partial charge in [-0.25, -0.2) is 0 Å². The molecule has 0 spiro atoms. The van der Waals surface area contributed by atoms with Crippen LogP contribution >= 0.6 is 11.3 Å². The first-order valence-electron chi connectivity index (χ1n) is 6.58. The van der Waals surface area contributed by atoms with E-state index in [1.165, 1.54) is 17.7 Å². The fraction of sp³-hybridized carbons (Fsp3) is 0.600. The van der Waals surface area contributed by atoms with Crippen LogP contribution in [-0.2, 0) is 6.54 Å². The highest BCUT2D eigenvalue weighted by Crippen LogP contribution is 2.35. The molecule has 18 heavy (non-hydrogen) atoms. The van der Waals surface area contributed by atoms with E-state index in [1.54, 1.807) is 11.3 Å². The quantitative estimate of drug-likeness (QED) is 0.826. The van der Waals surface area contributed by atoms with Gasteiger partial charge in [0.1, 0.15) is 0 Å². The minimum atomic E-state index is 0.144. The normalized spacial score (nSPS) is 16.4. The molecule has 3 heteroatoms. The molecule has 0 aromatic carbocycles. The van der Waals surface area contributed by atoms with Crippen LogP contribution in [0.1, 0.15) is 36.6 Å². The van der Waals surface area contributed by atoms with Crippen LogP contribution in [0.5, 0.6) is 0 Å². The van der Waals surface area contributed by atoms with Crippen molar-refractivity contribution in [1.29, 1.82) is 0 Å². The average Bonchev–Trinajstić information content (AvgIpc) is 3.11. The molecular formula is C15H21NOS. The van der Waals surface area contributed by atoms with Crippen molar-refractivity contribution < 1.29 is 5.11 Å². The summed E-state index contributed by atoms with van der Waals surface area (Å²) in [6, 6.07) is 2.86. The van der Waals surface area contributed by atoms with Crippen molar-refractivity contribution >= 4 is 11.3 Å². The van der Waals surface area contributed by atoms with E-state index in [4.69, 9.17) is 5.11 Å². The zero-order chi connectivity index (χ0) is 13.0. The molecule has 2 rings (SSSR count). The molecule has 1 aromatic rings. The number of rotatable bonds is 5. The number of aliphatic hydroxyl groups excluding tert-OH is 1. The highest BCUT2D eigenvalue weighted by atomic mass is 32.1. The Kier molecular flexibility index (Phi) is 4.82. The fourth-order valence-corrected chi connectivity index (χ4v) is 2.96. The summed E-state index contributed by atoms with van der Waals surface area (Å²) in [5, 5.41) is 10.8. The molecule has 98 valence electrons. The molecule has 1 atom stereocenters. The summed E-state index contributed by atoms with van der Waals surface area (Å²) in [6.07, 6.45) is 3.35. The number of aliphatic hydroxyl groups is 1. The standard InChI is InChI=1S/C15H21NOS/c1-12(14-6-7-14)16(2)10-15-9-13(11-18-15)5-3-4-8-17/h9,11-12,14,17H,4,6-8,10H2,1-2H3. The molecule has 0 radical (unpaired) electrons. The molecule has 2 nitrogen and oxygen atoms in total. The van der Waals surface area contributed by atoms with Crippen molar-refractivity contribution in [2.45, 2.75) is 38.8 Å². The van der Waals surface area contributed by atoms with Gasteiger partial charge in [0.25, 0.3) is 0 Å². The molecule has 0 amide bonds. The van der Waals surface area contributed by atoms with Gasteiger partial charge in [0.15, 0.2) is 0 Å². The second-order valence-corrected chi connectivity index (χ2v) is 6.07. The molecule has 0 aliphatic heterocycles. The van der Waals surface area contributed by atoms with Crippen LogP contribution in [0.2, 0.25) is 0 Å². The van der Waals surface area contributed by atoms with Crippen molar-refractivity contribution in [1.82, 2.24) is 4.90 Å². The van der Waals surface area contributed by atoms with E-state index in [9.17, 15) is 0 Å². The lowest BCUT2D eigenvalue weighted by molar-refractivity contribution is 0.228. The summed E-state index contributed by atoms with van der Waals surface area (Å²) in [6.45, 7) is 3.49. The Bertz CT molecular complexity index is 439. The van der Waals surface area contributed by atoms with E-state index in [0.29, 0.717) is 12.5 Å². The summed E-state index contributed by atoms with van der Waals surface area (Å²) in [7, 11) is 2.21. The maximum atomic E-state index is 8.68. The van der Waals surface area contributed by atoms with Crippen molar-refractivity contribution in [2.24, 2.45) is 5.92 Å². The van der Waals surface area contributed by atoms with E-state index < -0.39 is 0 Å². The van der Waals surface area contributed by atoms with Gasteiger partial charge in [-0.15, -0.1) is 11.3 Å². The van der Waals surface area contributed by atoms with Crippen LogP contribution < -0.4 is 0 Å². The predicted molar refractivity (Wildman–Crippen MR) is 76.6 cm³/mol. The summed E-state index contributed by atoms with van der Waals surface area (Å²) in [5.74, 6) is 6.96. The van der Waals surface area contributed by atoms with E-state index in [1.807, 2.05) is 0 Å². The van der Waals surface area contributed by atoms with E-state index in [-0.39, 0.29) is 6.61 Å². The zero-order valence-corrected chi connectivity index (χ0v) is 12.0. The molecule has 1 fully saturated rings. The molecular weight excluding hydrogens is 242 g/mol. The van der Waals surface area contributed by atoms with Gasteiger partial charge in [-0.05, 0) is 38.8 Å². The summed E-state index contributed by atoms with van der Waals surface area (Å²) in [4.78, 5) is 3.81. The Morgan fingerprint density at radius 2 is 2.33 bits per heavy atom. The van der Waals surface area contributed by atoms with Crippen molar-refractivity contribution in [2.75, 3.05) is 13.7 Å². The van der Waals surface area contributed by atoms with Crippen LogP contribution in [0, 0.1) is 17.8 Å². The Labute approximate surface area is 114 Å². The Morgan fingerprint density at radius 3 is 3.00 bits per heavy atom. The minimum absolute atomic E-state index is 0.144. The third-order valence-corrected chi connectivity index (χ3v) is 4.45. The maximum Gasteiger partial charge on any atom is 0.0540 e. The molecule has 1 aromatic heterocycles. The fourth-order valence-electron chi connectivity index (χ4n) is 2.08. The molecule has 1 aliphatic carbocycles. The highest BCUT2D eigenvalue weighted by molar-refractivity contribution is 7.10. The van der Waals surface area contributed by atoms with Gasteiger partial charge in [0.2, 0.25) is 0 Å². The summed E-state index contributed by atoms with van der Waals surface area (Å²) in [5.41, 5.74) is 1.08. The second kappa shape index (κ2) is 6.38. The Balaban J connectivity index is 1.88. The molecule has 1 N–H and O–H groups in total. The Morgan fingerprint density at radius 1 is 1.56 bits per heavy atom.